The molecule has 2 aliphatic rings. The number of carbonyl (C=O) groups excluding carboxylic acids is 4. The van der Waals surface area contributed by atoms with Crippen molar-refractivity contribution in [2.75, 3.05) is 39.3 Å². The monoisotopic (exact) mass is 666 g/mol. The Hall–Kier alpha value is -5.72. The van der Waals surface area contributed by atoms with Crippen LogP contribution in [-0.2, 0) is 0 Å². The van der Waals surface area contributed by atoms with E-state index in [1.165, 1.54) is 9.80 Å². The van der Waals surface area contributed by atoms with Gasteiger partial charge >= 0.3 is 0 Å². The summed E-state index contributed by atoms with van der Waals surface area (Å²) in [7, 11) is 0. The van der Waals surface area contributed by atoms with Gasteiger partial charge in [-0.25, -0.2) is 0 Å². The van der Waals surface area contributed by atoms with Crippen LogP contribution in [0.4, 0.5) is 0 Å². The number of nitrogens with one attached hydrogen (secondary N) is 1. The number of imide groups is 2. The summed E-state index contributed by atoms with van der Waals surface area (Å²) in [5.74, 6) is -1.27. The Balaban J connectivity index is 0.879. The van der Waals surface area contributed by atoms with Crippen molar-refractivity contribution in [1.82, 2.24) is 40.0 Å². The van der Waals surface area contributed by atoms with Crippen molar-refractivity contribution in [1.29, 1.82) is 0 Å². The van der Waals surface area contributed by atoms with Crippen LogP contribution >= 0.6 is 0 Å². The number of benzene rings is 4. The number of aromatic nitrogens is 4. The SMILES string of the molecule is CC(C)N(CCCNCCN1C(=O)c2cccc3c2c(cc2nccnc23)C1=O)CCN1C(=O)c2cccc3c2c(cc2nccnc23)C1=O. The lowest BCUT2D eigenvalue weighted by Gasteiger charge is -2.32. The summed E-state index contributed by atoms with van der Waals surface area (Å²) >= 11 is 0. The first-order valence-electron chi connectivity index (χ1n) is 16.8. The van der Waals surface area contributed by atoms with Crippen molar-refractivity contribution in [3.8, 4) is 0 Å². The molecule has 12 heteroatoms. The Morgan fingerprint density at radius 1 is 0.620 bits per heavy atom. The number of carbonyl (C=O) groups is 4. The van der Waals surface area contributed by atoms with Crippen LogP contribution in [-0.4, -0.2) is 104 Å². The lowest BCUT2D eigenvalue weighted by atomic mass is 9.93. The first-order chi connectivity index (χ1) is 24.3. The Labute approximate surface area is 287 Å². The number of amides is 4. The molecule has 0 radical (unpaired) electrons. The van der Waals surface area contributed by atoms with E-state index < -0.39 is 0 Å². The van der Waals surface area contributed by atoms with Gasteiger partial charge in [0.1, 0.15) is 0 Å². The Kier molecular flexibility index (Phi) is 7.96. The number of hydrogen-bond donors (Lipinski definition) is 1. The second-order valence-electron chi connectivity index (χ2n) is 12.9. The second kappa shape index (κ2) is 12.6. The van der Waals surface area contributed by atoms with Gasteiger partial charge in [0.15, 0.2) is 0 Å². The summed E-state index contributed by atoms with van der Waals surface area (Å²) in [6.07, 6.45) is 7.20. The number of nitrogens with zero attached hydrogens (tertiary/aromatic N) is 7. The molecule has 4 heterocycles. The number of hydrogen-bond acceptors (Lipinski definition) is 10. The number of rotatable bonds is 11. The Morgan fingerprint density at radius 3 is 1.66 bits per heavy atom. The van der Waals surface area contributed by atoms with Crippen LogP contribution in [0.3, 0.4) is 0 Å². The quantitative estimate of drug-likeness (QED) is 0.120. The minimum atomic E-state index is -0.333. The number of fused-ring (bicyclic) bond motifs is 4. The highest BCUT2D eigenvalue weighted by molar-refractivity contribution is 6.29. The van der Waals surface area contributed by atoms with Crippen LogP contribution in [0.15, 0.2) is 73.3 Å². The van der Waals surface area contributed by atoms with E-state index in [0.717, 1.165) is 23.7 Å². The second-order valence-corrected chi connectivity index (χ2v) is 12.9. The molecule has 8 rings (SSSR count). The minimum absolute atomic E-state index is 0.187. The maximum absolute atomic E-state index is 13.7. The standard InChI is InChI=1S/C38H34N8O4/c1-22(2)44(18-19-46-36(48)26-9-4-7-24-32(26)28(38(46)50)21-30-34(24)43-14-12-41-30)16-5-10-39-15-17-45-35(47)25-8-3-6-23-31(25)27(37(45)49)20-29-33(23)42-13-11-40-29/h3-4,6-9,11-14,20-22,39H,5,10,15-19H2,1-2H3. The van der Waals surface area contributed by atoms with E-state index in [2.05, 4.69) is 44.0 Å². The molecule has 0 unspecified atom stereocenters. The third-order valence-corrected chi connectivity index (χ3v) is 9.75. The minimum Gasteiger partial charge on any atom is -0.315 e. The smallest absolute Gasteiger partial charge is 0.261 e. The third-order valence-electron chi connectivity index (χ3n) is 9.75. The molecule has 250 valence electrons. The summed E-state index contributed by atoms with van der Waals surface area (Å²) in [6.45, 7) is 7.03. The van der Waals surface area contributed by atoms with Crippen LogP contribution in [0.1, 0.15) is 61.7 Å². The zero-order chi connectivity index (χ0) is 34.5. The lowest BCUT2D eigenvalue weighted by molar-refractivity contribution is 0.0579. The molecule has 50 heavy (non-hydrogen) atoms. The van der Waals surface area contributed by atoms with Crippen LogP contribution in [0.5, 0.6) is 0 Å². The molecule has 2 aliphatic heterocycles. The summed E-state index contributed by atoms with van der Waals surface area (Å²) in [5, 5.41) is 6.14. The fourth-order valence-electron chi connectivity index (χ4n) is 7.27. The predicted octanol–water partition coefficient (Wildman–Crippen LogP) is 4.46. The highest BCUT2D eigenvalue weighted by Crippen LogP contribution is 2.35. The molecule has 0 aliphatic carbocycles. The summed E-state index contributed by atoms with van der Waals surface area (Å²) in [5.41, 5.74) is 4.49. The van der Waals surface area contributed by atoms with Crippen molar-refractivity contribution in [3.05, 3.63) is 95.6 Å². The van der Waals surface area contributed by atoms with Gasteiger partial charge in [-0.2, -0.15) is 0 Å². The van der Waals surface area contributed by atoms with E-state index in [1.54, 1.807) is 49.1 Å². The van der Waals surface area contributed by atoms with Crippen molar-refractivity contribution in [2.45, 2.75) is 26.3 Å². The molecule has 0 atom stereocenters. The van der Waals surface area contributed by atoms with E-state index in [1.807, 2.05) is 24.3 Å². The molecule has 0 saturated heterocycles. The highest BCUT2D eigenvalue weighted by Gasteiger charge is 2.35. The van der Waals surface area contributed by atoms with Gasteiger partial charge in [-0.15, -0.1) is 0 Å². The largest absolute Gasteiger partial charge is 0.315 e. The summed E-state index contributed by atoms with van der Waals surface area (Å²) in [4.78, 5) is 76.9. The fourth-order valence-corrected chi connectivity index (χ4v) is 7.27. The maximum Gasteiger partial charge on any atom is 0.261 e. The van der Waals surface area contributed by atoms with E-state index in [9.17, 15) is 19.2 Å². The lowest BCUT2D eigenvalue weighted by Crippen LogP contribution is -2.46. The predicted molar refractivity (Wildman–Crippen MR) is 189 cm³/mol. The van der Waals surface area contributed by atoms with E-state index in [-0.39, 0.29) is 42.8 Å². The molecule has 0 spiro atoms. The molecule has 2 aromatic heterocycles. The van der Waals surface area contributed by atoms with Gasteiger partial charge in [-0.05, 0) is 57.6 Å². The molecule has 0 saturated carbocycles. The van der Waals surface area contributed by atoms with E-state index >= 15 is 0 Å². The van der Waals surface area contributed by atoms with Gasteiger partial charge in [0, 0.05) is 89.7 Å². The Bertz CT molecular complexity index is 2390. The van der Waals surface area contributed by atoms with Crippen LogP contribution in [0.25, 0.3) is 43.6 Å². The van der Waals surface area contributed by atoms with Crippen LogP contribution in [0, 0.1) is 0 Å². The molecule has 1 N–H and O–H groups in total. The summed E-state index contributed by atoms with van der Waals surface area (Å²) in [6, 6.07) is 14.6. The van der Waals surface area contributed by atoms with Gasteiger partial charge < -0.3 is 5.32 Å². The van der Waals surface area contributed by atoms with E-state index in [0.29, 0.717) is 74.7 Å². The maximum atomic E-state index is 13.7. The highest BCUT2D eigenvalue weighted by atomic mass is 16.2. The Morgan fingerprint density at radius 2 is 1.12 bits per heavy atom. The van der Waals surface area contributed by atoms with Crippen molar-refractivity contribution in [3.63, 3.8) is 0 Å². The van der Waals surface area contributed by atoms with Crippen molar-refractivity contribution in [2.24, 2.45) is 0 Å². The average molecular weight is 667 g/mol. The van der Waals surface area contributed by atoms with Gasteiger partial charge in [0.2, 0.25) is 0 Å². The first-order valence-corrected chi connectivity index (χ1v) is 16.8. The molecular weight excluding hydrogens is 632 g/mol. The molecular formula is C38H34N8O4. The van der Waals surface area contributed by atoms with Gasteiger partial charge in [0.25, 0.3) is 23.6 Å². The average Bonchev–Trinajstić information content (AvgIpc) is 3.13. The molecule has 0 bridgehead atoms. The topological polar surface area (TPSA) is 142 Å². The van der Waals surface area contributed by atoms with E-state index in [4.69, 9.17) is 0 Å². The van der Waals surface area contributed by atoms with Gasteiger partial charge in [-0.3, -0.25) is 53.8 Å². The fraction of sp³-hybridized carbons (Fsp3) is 0.263. The summed E-state index contributed by atoms with van der Waals surface area (Å²) < 4.78 is 0. The molecule has 4 aromatic carbocycles. The normalized spacial score (nSPS) is 14.5. The van der Waals surface area contributed by atoms with Crippen molar-refractivity contribution < 1.29 is 19.2 Å². The van der Waals surface area contributed by atoms with Crippen LogP contribution < -0.4 is 5.32 Å². The third kappa shape index (κ3) is 5.15. The molecule has 0 fully saturated rings. The first kappa shape index (κ1) is 31.5. The zero-order valence-electron chi connectivity index (χ0n) is 27.7. The van der Waals surface area contributed by atoms with Gasteiger partial charge in [0.05, 0.1) is 33.2 Å². The van der Waals surface area contributed by atoms with Crippen molar-refractivity contribution >= 4 is 67.2 Å². The molecule has 4 amide bonds. The zero-order valence-corrected chi connectivity index (χ0v) is 27.7. The molecule has 6 aromatic rings. The molecule has 12 nitrogen and oxygen atoms in total. The van der Waals surface area contributed by atoms with Gasteiger partial charge in [-0.1, -0.05) is 24.3 Å². The van der Waals surface area contributed by atoms with Crippen LogP contribution in [0.2, 0.25) is 0 Å².